The fraction of sp³-hybridized carbons (Fsp3) is 0. The molecular formula is C17H11NO2S2. The lowest BCUT2D eigenvalue weighted by Crippen LogP contribution is -1.76. The van der Waals surface area contributed by atoms with E-state index in [1.54, 1.807) is 34.8 Å². The molecule has 0 bridgehead atoms. The van der Waals surface area contributed by atoms with Crippen LogP contribution in [0.3, 0.4) is 0 Å². The highest BCUT2D eigenvalue weighted by Crippen LogP contribution is 2.36. The van der Waals surface area contributed by atoms with Gasteiger partial charge in [0.25, 0.3) is 0 Å². The quantitative estimate of drug-likeness (QED) is 0.506. The van der Waals surface area contributed by atoms with Crippen molar-refractivity contribution in [2.45, 2.75) is 0 Å². The fourth-order valence-corrected chi connectivity index (χ4v) is 3.77. The van der Waals surface area contributed by atoms with E-state index >= 15 is 0 Å². The van der Waals surface area contributed by atoms with Gasteiger partial charge in [0, 0.05) is 14.6 Å². The molecule has 2 heterocycles. The molecule has 0 atom stereocenters. The van der Waals surface area contributed by atoms with Gasteiger partial charge in [0.05, 0.1) is 6.57 Å². The highest BCUT2D eigenvalue weighted by molar-refractivity contribution is 7.21. The van der Waals surface area contributed by atoms with Crippen LogP contribution in [0.2, 0.25) is 0 Å². The highest BCUT2D eigenvalue weighted by atomic mass is 32.1. The Morgan fingerprint density at radius 1 is 1.05 bits per heavy atom. The first-order chi connectivity index (χ1) is 10.7. The predicted molar refractivity (Wildman–Crippen MR) is 91.9 cm³/mol. The molecule has 22 heavy (non-hydrogen) atoms. The minimum Gasteiger partial charge on any atom is -0.504 e. The van der Waals surface area contributed by atoms with Crippen LogP contribution in [0.5, 0.6) is 11.5 Å². The zero-order chi connectivity index (χ0) is 15.5. The van der Waals surface area contributed by atoms with E-state index in [1.807, 2.05) is 23.6 Å². The van der Waals surface area contributed by atoms with E-state index in [4.69, 9.17) is 6.57 Å². The van der Waals surface area contributed by atoms with Crippen molar-refractivity contribution in [1.29, 1.82) is 0 Å². The molecule has 2 aromatic heterocycles. The fourth-order valence-electron chi connectivity index (χ4n) is 1.97. The van der Waals surface area contributed by atoms with Crippen LogP contribution in [0.15, 0.2) is 47.8 Å². The maximum atomic E-state index is 9.53. The first-order valence-corrected chi connectivity index (χ1v) is 8.12. The molecule has 0 spiro atoms. The summed E-state index contributed by atoms with van der Waals surface area (Å²) in [6.07, 6.45) is 1.70. The number of rotatable bonds is 3. The Morgan fingerprint density at radius 2 is 1.91 bits per heavy atom. The second-order valence-electron chi connectivity index (χ2n) is 4.53. The van der Waals surface area contributed by atoms with Gasteiger partial charge in [-0.3, -0.25) is 0 Å². The van der Waals surface area contributed by atoms with Crippen LogP contribution < -0.4 is 0 Å². The second-order valence-corrected chi connectivity index (χ2v) is 6.56. The molecule has 0 aliphatic carbocycles. The molecule has 0 unspecified atom stereocenters. The summed E-state index contributed by atoms with van der Waals surface area (Å²) in [6.45, 7) is 7.38. The van der Waals surface area contributed by atoms with E-state index in [2.05, 4.69) is 10.9 Å². The molecule has 2 N–H and O–H groups in total. The molecule has 0 saturated carbocycles. The van der Waals surface area contributed by atoms with Crippen molar-refractivity contribution in [1.82, 2.24) is 0 Å². The molecule has 3 nitrogen and oxygen atoms in total. The van der Waals surface area contributed by atoms with E-state index in [1.165, 1.54) is 17.0 Å². The zero-order valence-corrected chi connectivity index (χ0v) is 13.0. The first kappa shape index (κ1) is 14.4. The number of phenolic OH excluding ortho intramolecular Hbond substituents is 2. The SMILES string of the molecule is [C-]#[N+]C(=Cc1ccc(O)c(O)c1)c1ccc(-c2cccs2)s1. The average molecular weight is 325 g/mol. The Labute approximate surface area is 135 Å². The maximum Gasteiger partial charge on any atom is 0.204 e. The van der Waals surface area contributed by atoms with Gasteiger partial charge in [-0.15, -0.1) is 22.7 Å². The summed E-state index contributed by atoms with van der Waals surface area (Å²) in [7, 11) is 0. The maximum absolute atomic E-state index is 9.53. The lowest BCUT2D eigenvalue weighted by molar-refractivity contribution is 0.403. The highest BCUT2D eigenvalue weighted by Gasteiger charge is 2.09. The standard InChI is InChI=1S/C17H11NO2S2/c1-18-12(9-11-4-5-13(19)14(20)10-11)15-6-7-17(22-15)16-3-2-8-21-16/h2-10,19-20H. The van der Waals surface area contributed by atoms with Crippen molar-refractivity contribution >= 4 is 34.4 Å². The van der Waals surface area contributed by atoms with Gasteiger partial charge in [-0.2, -0.15) is 0 Å². The van der Waals surface area contributed by atoms with Crippen molar-refractivity contribution in [3.8, 4) is 21.3 Å². The number of nitrogens with zero attached hydrogens (tertiary/aromatic N) is 1. The number of aromatic hydroxyl groups is 2. The van der Waals surface area contributed by atoms with E-state index in [-0.39, 0.29) is 11.5 Å². The van der Waals surface area contributed by atoms with Gasteiger partial charge < -0.3 is 10.2 Å². The molecule has 1 aromatic carbocycles. The third kappa shape index (κ3) is 2.89. The smallest absolute Gasteiger partial charge is 0.204 e. The van der Waals surface area contributed by atoms with E-state index in [9.17, 15) is 10.2 Å². The van der Waals surface area contributed by atoms with Gasteiger partial charge >= 0.3 is 0 Å². The molecule has 3 rings (SSSR count). The molecule has 5 heteroatoms. The van der Waals surface area contributed by atoms with Crippen LogP contribution in [-0.2, 0) is 0 Å². The summed E-state index contributed by atoms with van der Waals surface area (Å²) in [5.41, 5.74) is 1.19. The summed E-state index contributed by atoms with van der Waals surface area (Å²) < 4.78 is 0. The summed E-state index contributed by atoms with van der Waals surface area (Å²) >= 11 is 3.24. The molecule has 0 radical (unpaired) electrons. The summed E-state index contributed by atoms with van der Waals surface area (Å²) in [5, 5.41) is 20.9. The Kier molecular flexibility index (Phi) is 3.96. The Hall–Kier alpha value is -2.55. The molecule has 0 aliphatic heterocycles. The average Bonchev–Trinajstić information content (AvgIpc) is 3.18. The van der Waals surface area contributed by atoms with Gasteiger partial charge in [-0.1, -0.05) is 18.2 Å². The number of hydrogen-bond acceptors (Lipinski definition) is 4. The number of phenols is 2. The molecule has 0 saturated heterocycles. The molecule has 108 valence electrons. The number of benzene rings is 1. The van der Waals surface area contributed by atoms with Crippen LogP contribution in [0.25, 0.3) is 26.4 Å². The molecule has 0 fully saturated rings. The largest absolute Gasteiger partial charge is 0.504 e. The van der Waals surface area contributed by atoms with Gasteiger partial charge in [0.2, 0.25) is 5.70 Å². The van der Waals surface area contributed by atoms with Crippen LogP contribution in [0, 0.1) is 6.57 Å². The first-order valence-electron chi connectivity index (χ1n) is 6.42. The van der Waals surface area contributed by atoms with Crippen molar-refractivity contribution in [3.05, 3.63) is 69.7 Å². The number of thiophene rings is 2. The predicted octanol–water partition coefficient (Wildman–Crippen LogP) is 5.31. The van der Waals surface area contributed by atoms with E-state index in [0.29, 0.717) is 11.3 Å². The second kappa shape index (κ2) is 6.06. The number of hydrogen-bond donors (Lipinski definition) is 2. The van der Waals surface area contributed by atoms with Gasteiger partial charge in [0.15, 0.2) is 11.5 Å². The third-order valence-corrected chi connectivity index (χ3v) is 5.22. The van der Waals surface area contributed by atoms with Crippen LogP contribution in [0.4, 0.5) is 0 Å². The van der Waals surface area contributed by atoms with E-state index < -0.39 is 0 Å². The Bertz CT molecular complexity index is 870. The van der Waals surface area contributed by atoms with Crippen LogP contribution >= 0.6 is 22.7 Å². The lowest BCUT2D eigenvalue weighted by atomic mass is 10.1. The molecule has 0 amide bonds. The van der Waals surface area contributed by atoms with Crippen molar-refractivity contribution in [2.24, 2.45) is 0 Å². The van der Waals surface area contributed by atoms with Crippen molar-refractivity contribution in [3.63, 3.8) is 0 Å². The summed E-state index contributed by atoms with van der Waals surface area (Å²) in [5.74, 6) is -0.360. The Balaban J connectivity index is 1.96. The van der Waals surface area contributed by atoms with Crippen molar-refractivity contribution < 1.29 is 10.2 Å². The zero-order valence-electron chi connectivity index (χ0n) is 11.4. The summed E-state index contributed by atoms with van der Waals surface area (Å²) in [4.78, 5) is 6.78. The van der Waals surface area contributed by atoms with Crippen LogP contribution in [-0.4, -0.2) is 10.2 Å². The third-order valence-electron chi connectivity index (χ3n) is 3.05. The van der Waals surface area contributed by atoms with Crippen molar-refractivity contribution in [2.75, 3.05) is 0 Å². The van der Waals surface area contributed by atoms with Gasteiger partial charge in [-0.25, -0.2) is 4.85 Å². The molecule has 0 aliphatic rings. The van der Waals surface area contributed by atoms with E-state index in [0.717, 1.165) is 9.75 Å². The monoisotopic (exact) mass is 325 g/mol. The molecule has 3 aromatic rings. The Morgan fingerprint density at radius 3 is 2.59 bits per heavy atom. The minimum atomic E-state index is -0.191. The van der Waals surface area contributed by atoms with Gasteiger partial charge in [0.1, 0.15) is 0 Å². The van der Waals surface area contributed by atoms with Gasteiger partial charge in [-0.05, 0) is 41.3 Å². The molecular weight excluding hydrogens is 314 g/mol. The van der Waals surface area contributed by atoms with Crippen LogP contribution in [0.1, 0.15) is 10.4 Å². The topological polar surface area (TPSA) is 44.8 Å². The lowest BCUT2D eigenvalue weighted by Gasteiger charge is -2.00. The minimum absolute atomic E-state index is 0.169. The normalized spacial score (nSPS) is 11.3. The summed E-state index contributed by atoms with van der Waals surface area (Å²) in [6, 6.07) is 12.5.